The van der Waals surface area contributed by atoms with Crippen LogP contribution in [0.4, 0.5) is 0 Å². The van der Waals surface area contributed by atoms with E-state index in [1.165, 1.54) is 0 Å². The Morgan fingerprint density at radius 3 is 2.95 bits per heavy atom. The number of nitrogens with one attached hydrogen (secondary N) is 1. The number of likely N-dealkylation sites (tertiary alicyclic amines) is 1. The molecule has 1 saturated carbocycles. The molecule has 1 N–H and O–H groups in total. The highest BCUT2D eigenvalue weighted by Crippen LogP contribution is 2.32. The van der Waals surface area contributed by atoms with E-state index in [0.717, 1.165) is 12.8 Å². The highest BCUT2D eigenvalue weighted by atomic mass is 35.5. The molecule has 2 amide bonds. The maximum Gasteiger partial charge on any atom is 0.225 e. The molecule has 6 nitrogen and oxygen atoms in total. The molecule has 1 atom stereocenters. The fraction of sp³-hybridized carbons (Fsp3) is 0.615. The average Bonchev–Trinajstić information content (AvgIpc) is 3.06. The first-order valence-electron chi connectivity index (χ1n) is 6.88. The maximum absolute atomic E-state index is 12.0. The molecule has 0 aromatic carbocycles. The standard InChI is InChI=1S/C13H17ClN4O2/c14-10-6-16-17(8-10)4-3-15-13(20)9-5-12(19)18(7-9)11-1-2-11/h6,8-9,11H,1-5,7H2,(H,15,20)/t9-/m1/s1. The number of amides is 2. The Balaban J connectivity index is 1.44. The van der Waals surface area contributed by atoms with E-state index < -0.39 is 0 Å². The van der Waals surface area contributed by atoms with Crippen LogP contribution in [-0.2, 0) is 16.1 Å². The zero-order valence-corrected chi connectivity index (χ0v) is 11.8. The minimum atomic E-state index is -0.204. The van der Waals surface area contributed by atoms with Crippen molar-refractivity contribution in [2.45, 2.75) is 31.8 Å². The van der Waals surface area contributed by atoms with Gasteiger partial charge in [0.25, 0.3) is 0 Å². The lowest BCUT2D eigenvalue weighted by atomic mass is 10.1. The van der Waals surface area contributed by atoms with Crippen LogP contribution >= 0.6 is 11.6 Å². The van der Waals surface area contributed by atoms with E-state index in [-0.39, 0.29) is 17.7 Å². The summed E-state index contributed by atoms with van der Waals surface area (Å²) in [5.41, 5.74) is 0. The summed E-state index contributed by atoms with van der Waals surface area (Å²) in [6.07, 6.45) is 5.78. The number of nitrogens with zero attached hydrogens (tertiary/aromatic N) is 3. The largest absolute Gasteiger partial charge is 0.354 e. The second-order valence-corrected chi connectivity index (χ2v) is 5.83. The van der Waals surface area contributed by atoms with Gasteiger partial charge in [0.05, 0.1) is 23.7 Å². The number of rotatable bonds is 5. The molecular weight excluding hydrogens is 280 g/mol. The molecule has 3 rings (SSSR count). The molecule has 2 heterocycles. The van der Waals surface area contributed by atoms with Crippen LogP contribution in [0.5, 0.6) is 0 Å². The van der Waals surface area contributed by atoms with E-state index in [0.29, 0.717) is 37.1 Å². The van der Waals surface area contributed by atoms with Crippen LogP contribution in [-0.4, -0.2) is 45.6 Å². The first kappa shape index (κ1) is 13.4. The zero-order valence-electron chi connectivity index (χ0n) is 11.1. The van der Waals surface area contributed by atoms with Crippen LogP contribution in [0, 0.1) is 5.92 Å². The third kappa shape index (κ3) is 2.95. The number of hydrogen-bond acceptors (Lipinski definition) is 3. The monoisotopic (exact) mass is 296 g/mol. The van der Waals surface area contributed by atoms with E-state index >= 15 is 0 Å². The lowest BCUT2D eigenvalue weighted by molar-refractivity contribution is -0.129. The smallest absolute Gasteiger partial charge is 0.225 e. The average molecular weight is 297 g/mol. The minimum absolute atomic E-state index is 0.0419. The van der Waals surface area contributed by atoms with Gasteiger partial charge < -0.3 is 10.2 Å². The SMILES string of the molecule is O=C(NCCn1cc(Cl)cn1)[C@@H]1CC(=O)N(C2CC2)C1. The lowest BCUT2D eigenvalue weighted by Crippen LogP contribution is -2.35. The predicted octanol–water partition coefficient (Wildman–Crippen LogP) is 0.664. The van der Waals surface area contributed by atoms with Gasteiger partial charge in [-0.1, -0.05) is 11.6 Å². The highest BCUT2D eigenvalue weighted by molar-refractivity contribution is 6.30. The summed E-state index contributed by atoms with van der Waals surface area (Å²) in [5, 5.41) is 7.48. The van der Waals surface area contributed by atoms with Crippen LogP contribution in [0.25, 0.3) is 0 Å². The number of hydrogen-bond donors (Lipinski definition) is 1. The molecule has 108 valence electrons. The minimum Gasteiger partial charge on any atom is -0.354 e. The Hall–Kier alpha value is -1.56. The van der Waals surface area contributed by atoms with Gasteiger partial charge in [-0.3, -0.25) is 14.3 Å². The molecular formula is C13H17ClN4O2. The second kappa shape index (κ2) is 5.44. The topological polar surface area (TPSA) is 67.2 Å². The van der Waals surface area contributed by atoms with E-state index in [1.54, 1.807) is 17.1 Å². The lowest BCUT2D eigenvalue weighted by Gasteiger charge is -2.15. The molecule has 20 heavy (non-hydrogen) atoms. The molecule has 1 aromatic rings. The van der Waals surface area contributed by atoms with Crippen molar-refractivity contribution in [3.63, 3.8) is 0 Å². The van der Waals surface area contributed by atoms with Gasteiger partial charge in [-0.2, -0.15) is 5.10 Å². The molecule has 1 saturated heterocycles. The van der Waals surface area contributed by atoms with Gasteiger partial charge in [0.2, 0.25) is 11.8 Å². The molecule has 2 aliphatic rings. The second-order valence-electron chi connectivity index (χ2n) is 5.39. The number of aromatic nitrogens is 2. The summed E-state index contributed by atoms with van der Waals surface area (Å²) in [6.45, 7) is 1.64. The van der Waals surface area contributed by atoms with Gasteiger partial charge in [0.1, 0.15) is 0 Å². The van der Waals surface area contributed by atoms with Gasteiger partial charge in [-0.25, -0.2) is 0 Å². The normalized spacial score (nSPS) is 22.4. The molecule has 7 heteroatoms. The van der Waals surface area contributed by atoms with Gasteiger partial charge in [0.15, 0.2) is 0 Å². The van der Waals surface area contributed by atoms with Crippen molar-refractivity contribution >= 4 is 23.4 Å². The summed E-state index contributed by atoms with van der Waals surface area (Å²) >= 11 is 5.76. The summed E-state index contributed by atoms with van der Waals surface area (Å²) in [6, 6.07) is 0.395. The quantitative estimate of drug-likeness (QED) is 0.868. The van der Waals surface area contributed by atoms with E-state index in [1.807, 2.05) is 4.90 Å². The van der Waals surface area contributed by atoms with Crippen LogP contribution in [0.15, 0.2) is 12.4 Å². The van der Waals surface area contributed by atoms with Crippen LogP contribution in [0.1, 0.15) is 19.3 Å². The first-order chi connectivity index (χ1) is 9.63. The number of halogens is 1. The number of carbonyl (C=O) groups excluding carboxylic acids is 2. The molecule has 1 aliphatic heterocycles. The van der Waals surface area contributed by atoms with Crippen molar-refractivity contribution in [1.82, 2.24) is 20.0 Å². The Kier molecular flexibility index (Phi) is 3.65. The Labute approximate surface area is 122 Å². The molecule has 0 spiro atoms. The Morgan fingerprint density at radius 1 is 1.50 bits per heavy atom. The van der Waals surface area contributed by atoms with Crippen molar-refractivity contribution in [3.8, 4) is 0 Å². The molecule has 0 unspecified atom stereocenters. The summed E-state index contributed by atoms with van der Waals surface area (Å²) < 4.78 is 1.68. The van der Waals surface area contributed by atoms with E-state index in [4.69, 9.17) is 11.6 Å². The van der Waals surface area contributed by atoms with Gasteiger partial charge in [0, 0.05) is 31.7 Å². The molecule has 1 aliphatic carbocycles. The fourth-order valence-electron chi connectivity index (χ4n) is 2.54. The van der Waals surface area contributed by atoms with Crippen molar-refractivity contribution in [3.05, 3.63) is 17.4 Å². The summed E-state index contributed by atoms with van der Waals surface area (Å²) in [4.78, 5) is 25.7. The third-order valence-corrected chi connectivity index (χ3v) is 3.95. The predicted molar refractivity (Wildman–Crippen MR) is 73.1 cm³/mol. The highest BCUT2D eigenvalue weighted by Gasteiger charge is 2.41. The third-order valence-electron chi connectivity index (χ3n) is 3.76. The maximum atomic E-state index is 12.0. The van der Waals surface area contributed by atoms with Crippen molar-refractivity contribution in [2.75, 3.05) is 13.1 Å². The molecule has 2 fully saturated rings. The molecule has 1 aromatic heterocycles. The van der Waals surface area contributed by atoms with Gasteiger partial charge in [-0.15, -0.1) is 0 Å². The van der Waals surface area contributed by atoms with E-state index in [9.17, 15) is 9.59 Å². The van der Waals surface area contributed by atoms with Gasteiger partial charge >= 0.3 is 0 Å². The molecule has 0 radical (unpaired) electrons. The zero-order chi connectivity index (χ0) is 14.1. The van der Waals surface area contributed by atoms with Crippen molar-refractivity contribution in [1.29, 1.82) is 0 Å². The summed E-state index contributed by atoms with van der Waals surface area (Å²) in [5.74, 6) is -0.129. The number of carbonyl (C=O) groups is 2. The summed E-state index contributed by atoms with van der Waals surface area (Å²) in [7, 11) is 0. The molecule has 0 bridgehead atoms. The van der Waals surface area contributed by atoms with Crippen LogP contribution in [0.3, 0.4) is 0 Å². The van der Waals surface area contributed by atoms with Crippen molar-refractivity contribution in [2.24, 2.45) is 5.92 Å². The first-order valence-corrected chi connectivity index (χ1v) is 7.26. The Morgan fingerprint density at radius 2 is 2.30 bits per heavy atom. The van der Waals surface area contributed by atoms with Crippen molar-refractivity contribution < 1.29 is 9.59 Å². The van der Waals surface area contributed by atoms with Crippen LogP contribution < -0.4 is 5.32 Å². The van der Waals surface area contributed by atoms with Crippen LogP contribution in [0.2, 0.25) is 5.02 Å². The van der Waals surface area contributed by atoms with E-state index in [2.05, 4.69) is 10.4 Å². The van der Waals surface area contributed by atoms with Gasteiger partial charge in [-0.05, 0) is 12.8 Å². The Bertz CT molecular complexity index is 526. The fourth-order valence-corrected chi connectivity index (χ4v) is 2.70.